The summed E-state index contributed by atoms with van der Waals surface area (Å²) < 4.78 is 5.72. The minimum atomic E-state index is -0.187. The van der Waals surface area contributed by atoms with E-state index in [-0.39, 0.29) is 18.2 Å². The van der Waals surface area contributed by atoms with Crippen molar-refractivity contribution in [3.63, 3.8) is 0 Å². The number of aryl methyl sites for hydroxylation is 1. The number of anilines is 2. The Bertz CT molecular complexity index is 1100. The van der Waals surface area contributed by atoms with E-state index >= 15 is 0 Å². The Morgan fingerprint density at radius 3 is 2.73 bits per heavy atom. The van der Waals surface area contributed by atoms with Crippen molar-refractivity contribution < 1.29 is 14.0 Å². The summed E-state index contributed by atoms with van der Waals surface area (Å²) in [6.45, 7) is 0.663. The summed E-state index contributed by atoms with van der Waals surface area (Å²) in [6.07, 6.45) is 3.52. The molecule has 154 valence electrons. The molecule has 0 radical (unpaired) electrons. The van der Waals surface area contributed by atoms with Gasteiger partial charge in [0.1, 0.15) is 0 Å². The van der Waals surface area contributed by atoms with Gasteiger partial charge in [-0.1, -0.05) is 35.3 Å². The van der Waals surface area contributed by atoms with Gasteiger partial charge in [0.2, 0.25) is 11.8 Å². The molecule has 1 aromatic heterocycles. The highest BCUT2D eigenvalue weighted by Crippen LogP contribution is 2.32. The van der Waals surface area contributed by atoms with E-state index in [1.807, 2.05) is 18.2 Å². The van der Waals surface area contributed by atoms with Gasteiger partial charge < -0.3 is 14.6 Å². The van der Waals surface area contributed by atoms with Gasteiger partial charge in [0, 0.05) is 37.1 Å². The van der Waals surface area contributed by atoms with Crippen LogP contribution >= 0.6 is 23.2 Å². The molecule has 4 rings (SSSR count). The fourth-order valence-electron chi connectivity index (χ4n) is 3.36. The van der Waals surface area contributed by atoms with E-state index < -0.39 is 0 Å². The normalized spacial score (nSPS) is 13.7. The molecule has 0 saturated carbocycles. The van der Waals surface area contributed by atoms with Gasteiger partial charge in [-0.15, -0.1) is 0 Å². The lowest BCUT2D eigenvalue weighted by Gasteiger charge is -2.18. The maximum absolute atomic E-state index is 12.3. The Morgan fingerprint density at radius 1 is 1.17 bits per heavy atom. The molecule has 1 aliphatic rings. The van der Waals surface area contributed by atoms with Gasteiger partial charge in [0.15, 0.2) is 11.7 Å². The third kappa shape index (κ3) is 4.50. The number of oxazole rings is 1. The standard InChI is InChI=1S/C22H19Cl2N3O3/c23-16-5-2-1-4-15(16)19-13-25-21(30-19)10-9-20(28)26-14-7-8-18(17(24)12-14)27-11-3-6-22(27)29/h1-2,4-5,7-8,12-13H,3,6,9-11H2,(H,26,28). The zero-order valence-electron chi connectivity index (χ0n) is 16.0. The number of benzene rings is 2. The number of halogens is 2. The fraction of sp³-hybridized carbons (Fsp3) is 0.227. The van der Waals surface area contributed by atoms with E-state index in [2.05, 4.69) is 10.3 Å². The lowest BCUT2D eigenvalue weighted by molar-refractivity contribution is -0.117. The number of nitrogens with one attached hydrogen (secondary N) is 1. The van der Waals surface area contributed by atoms with Gasteiger partial charge in [0.05, 0.1) is 21.9 Å². The monoisotopic (exact) mass is 443 g/mol. The van der Waals surface area contributed by atoms with Crippen LogP contribution in [0.3, 0.4) is 0 Å². The Kier molecular flexibility index (Phi) is 6.06. The van der Waals surface area contributed by atoms with Crippen LogP contribution in [-0.4, -0.2) is 23.3 Å². The molecule has 2 amide bonds. The van der Waals surface area contributed by atoms with Crippen molar-refractivity contribution in [1.82, 2.24) is 4.98 Å². The summed E-state index contributed by atoms with van der Waals surface area (Å²) in [7, 11) is 0. The summed E-state index contributed by atoms with van der Waals surface area (Å²) in [5, 5.41) is 3.82. The van der Waals surface area contributed by atoms with Crippen molar-refractivity contribution in [3.8, 4) is 11.3 Å². The van der Waals surface area contributed by atoms with Gasteiger partial charge in [-0.3, -0.25) is 9.59 Å². The third-order valence-electron chi connectivity index (χ3n) is 4.85. The second kappa shape index (κ2) is 8.90. The number of amides is 2. The van der Waals surface area contributed by atoms with Crippen molar-refractivity contribution in [2.24, 2.45) is 0 Å². The van der Waals surface area contributed by atoms with E-state index in [1.165, 1.54) is 0 Å². The Labute approximate surface area is 183 Å². The van der Waals surface area contributed by atoms with Crippen LogP contribution in [0.1, 0.15) is 25.2 Å². The highest BCUT2D eigenvalue weighted by Gasteiger charge is 2.23. The predicted octanol–water partition coefficient (Wildman–Crippen LogP) is 5.35. The fourth-order valence-corrected chi connectivity index (χ4v) is 3.87. The van der Waals surface area contributed by atoms with Crippen molar-refractivity contribution in [3.05, 3.63) is 64.6 Å². The first-order chi connectivity index (χ1) is 14.5. The molecule has 1 fully saturated rings. The largest absolute Gasteiger partial charge is 0.441 e. The number of nitrogens with zero attached hydrogens (tertiary/aromatic N) is 2. The molecule has 1 aliphatic heterocycles. The maximum Gasteiger partial charge on any atom is 0.227 e. The van der Waals surface area contributed by atoms with Crippen LogP contribution in [0, 0.1) is 0 Å². The molecule has 0 spiro atoms. The molecular formula is C22H19Cl2N3O3. The molecular weight excluding hydrogens is 425 g/mol. The van der Waals surface area contributed by atoms with Crippen LogP contribution < -0.4 is 10.2 Å². The Hall–Kier alpha value is -2.83. The van der Waals surface area contributed by atoms with Gasteiger partial charge in [-0.2, -0.15) is 0 Å². The van der Waals surface area contributed by atoms with Gasteiger partial charge >= 0.3 is 0 Å². The van der Waals surface area contributed by atoms with E-state index in [9.17, 15) is 9.59 Å². The predicted molar refractivity (Wildman–Crippen MR) is 117 cm³/mol. The summed E-state index contributed by atoms with van der Waals surface area (Å²) >= 11 is 12.5. The average molecular weight is 444 g/mol. The number of rotatable bonds is 6. The van der Waals surface area contributed by atoms with Crippen LogP contribution in [0.2, 0.25) is 10.0 Å². The highest BCUT2D eigenvalue weighted by atomic mass is 35.5. The molecule has 1 N–H and O–H groups in total. The molecule has 6 nitrogen and oxygen atoms in total. The summed E-state index contributed by atoms with van der Waals surface area (Å²) in [6, 6.07) is 12.5. The first kappa shape index (κ1) is 20.4. The zero-order valence-corrected chi connectivity index (χ0v) is 17.5. The van der Waals surface area contributed by atoms with Gasteiger partial charge in [-0.05, 0) is 36.8 Å². The summed E-state index contributed by atoms with van der Waals surface area (Å²) in [5.74, 6) is 0.903. The maximum atomic E-state index is 12.3. The van der Waals surface area contributed by atoms with Gasteiger partial charge in [-0.25, -0.2) is 4.98 Å². The van der Waals surface area contributed by atoms with Crippen LogP contribution in [0.15, 0.2) is 53.1 Å². The van der Waals surface area contributed by atoms with Gasteiger partial charge in [0.25, 0.3) is 0 Å². The molecule has 3 aromatic rings. The summed E-state index contributed by atoms with van der Waals surface area (Å²) in [4.78, 5) is 30.1. The topological polar surface area (TPSA) is 75.4 Å². The smallest absolute Gasteiger partial charge is 0.227 e. The molecule has 1 saturated heterocycles. The number of aromatic nitrogens is 1. The van der Waals surface area contributed by atoms with Crippen molar-refractivity contribution in [2.45, 2.75) is 25.7 Å². The molecule has 0 atom stereocenters. The number of carbonyl (C=O) groups excluding carboxylic acids is 2. The van der Waals surface area contributed by atoms with Crippen molar-refractivity contribution in [2.75, 3.05) is 16.8 Å². The molecule has 0 aliphatic carbocycles. The van der Waals surface area contributed by atoms with Crippen LogP contribution in [0.25, 0.3) is 11.3 Å². The minimum absolute atomic E-state index is 0.0655. The first-order valence-electron chi connectivity index (χ1n) is 9.60. The van der Waals surface area contributed by atoms with Crippen LogP contribution in [0.4, 0.5) is 11.4 Å². The highest BCUT2D eigenvalue weighted by molar-refractivity contribution is 6.34. The molecule has 8 heteroatoms. The quantitative estimate of drug-likeness (QED) is 0.557. The molecule has 30 heavy (non-hydrogen) atoms. The lowest BCUT2D eigenvalue weighted by atomic mass is 10.2. The average Bonchev–Trinajstić information content (AvgIpc) is 3.36. The first-order valence-corrected chi connectivity index (χ1v) is 10.4. The van der Waals surface area contributed by atoms with E-state index in [0.717, 1.165) is 12.0 Å². The second-order valence-electron chi connectivity index (χ2n) is 6.96. The van der Waals surface area contributed by atoms with E-state index in [4.69, 9.17) is 27.6 Å². The Balaban J connectivity index is 1.35. The Morgan fingerprint density at radius 2 is 2.00 bits per heavy atom. The molecule has 0 unspecified atom stereocenters. The summed E-state index contributed by atoms with van der Waals surface area (Å²) in [5.41, 5.74) is 2.00. The number of hydrogen-bond donors (Lipinski definition) is 1. The molecule has 2 heterocycles. The SMILES string of the molecule is O=C(CCc1ncc(-c2ccccc2Cl)o1)Nc1ccc(N2CCCC2=O)c(Cl)c1. The van der Waals surface area contributed by atoms with E-state index in [1.54, 1.807) is 35.4 Å². The zero-order chi connectivity index (χ0) is 21.1. The third-order valence-corrected chi connectivity index (χ3v) is 5.49. The van der Waals surface area contributed by atoms with E-state index in [0.29, 0.717) is 52.5 Å². The number of carbonyl (C=O) groups is 2. The lowest BCUT2D eigenvalue weighted by Crippen LogP contribution is -2.24. The minimum Gasteiger partial charge on any atom is -0.441 e. The van der Waals surface area contributed by atoms with Crippen LogP contribution in [0.5, 0.6) is 0 Å². The molecule has 0 bridgehead atoms. The number of hydrogen-bond acceptors (Lipinski definition) is 4. The molecule has 2 aromatic carbocycles. The van der Waals surface area contributed by atoms with Crippen molar-refractivity contribution >= 4 is 46.4 Å². The second-order valence-corrected chi connectivity index (χ2v) is 7.78. The van der Waals surface area contributed by atoms with Crippen LogP contribution in [-0.2, 0) is 16.0 Å². The van der Waals surface area contributed by atoms with Crippen molar-refractivity contribution in [1.29, 1.82) is 0 Å².